The van der Waals surface area contributed by atoms with Crippen molar-refractivity contribution >= 4 is 33.1 Å². The third-order valence-corrected chi connectivity index (χ3v) is 3.46. The van der Waals surface area contributed by atoms with Gasteiger partial charge >= 0.3 is 0 Å². The number of rotatable bonds is 4. The third-order valence-electron chi connectivity index (χ3n) is 2.62. The Morgan fingerprint density at radius 1 is 1.14 bits per heavy atom. The van der Waals surface area contributed by atoms with E-state index in [1.165, 1.54) is 36.4 Å². The largest absolute Gasteiger partial charge is 0.288 e. The van der Waals surface area contributed by atoms with E-state index in [2.05, 4.69) is 4.72 Å². The molecule has 0 atom stereocenters. The highest BCUT2D eigenvalue weighted by atomic mass is 35.5. The Morgan fingerprint density at radius 3 is 2.33 bits per heavy atom. The molecule has 1 N–H and O–H groups in total. The lowest BCUT2D eigenvalue weighted by Crippen LogP contribution is -2.10. The van der Waals surface area contributed by atoms with Gasteiger partial charge in [0, 0.05) is 16.3 Å². The van der Waals surface area contributed by atoms with Gasteiger partial charge in [-0.25, -0.2) is 12.8 Å². The number of benzene rings is 2. The van der Waals surface area contributed by atoms with Crippen molar-refractivity contribution in [1.29, 1.82) is 0 Å². The summed E-state index contributed by atoms with van der Waals surface area (Å²) in [5.41, 5.74) is 0.419. The molecule has 110 valence electrons. The number of ketones is 1. The van der Waals surface area contributed by atoms with E-state index in [-0.39, 0.29) is 16.1 Å². The second-order valence-electron chi connectivity index (χ2n) is 4.40. The van der Waals surface area contributed by atoms with E-state index in [0.717, 1.165) is 12.3 Å². The average Bonchev–Trinajstić information content (AvgIpc) is 2.40. The van der Waals surface area contributed by atoms with Gasteiger partial charge in [-0.05, 0) is 42.5 Å². The van der Waals surface area contributed by atoms with Crippen LogP contribution >= 0.6 is 11.6 Å². The summed E-state index contributed by atoms with van der Waals surface area (Å²) in [6.07, 6.45) is 1.02. The maximum Gasteiger partial charge on any atom is 0.229 e. The number of hydrogen-bond donors (Lipinski definition) is 1. The molecule has 0 fully saturated rings. The molecule has 2 aromatic rings. The molecule has 2 aromatic carbocycles. The second-order valence-corrected chi connectivity index (χ2v) is 6.59. The summed E-state index contributed by atoms with van der Waals surface area (Å²) < 4.78 is 38.1. The fourth-order valence-electron chi connectivity index (χ4n) is 1.73. The van der Waals surface area contributed by atoms with E-state index < -0.39 is 21.6 Å². The fourth-order valence-corrected chi connectivity index (χ4v) is 2.47. The molecule has 0 saturated heterocycles. The quantitative estimate of drug-likeness (QED) is 0.878. The highest BCUT2D eigenvalue weighted by molar-refractivity contribution is 7.92. The predicted octanol–water partition coefficient (Wildman–Crippen LogP) is 3.08. The lowest BCUT2D eigenvalue weighted by molar-refractivity contribution is 0.103. The first-order chi connectivity index (χ1) is 9.76. The molecule has 4 nitrogen and oxygen atoms in total. The third kappa shape index (κ3) is 4.03. The Hall–Kier alpha value is -1.92. The van der Waals surface area contributed by atoms with Crippen LogP contribution in [0.25, 0.3) is 0 Å². The van der Waals surface area contributed by atoms with Crippen LogP contribution in [0.2, 0.25) is 5.02 Å². The molecular formula is C14H11ClFNO3S. The van der Waals surface area contributed by atoms with Crippen LogP contribution in [-0.2, 0) is 10.0 Å². The minimum Gasteiger partial charge on any atom is -0.288 e. The van der Waals surface area contributed by atoms with Crippen LogP contribution in [0.1, 0.15) is 15.9 Å². The Balaban J connectivity index is 2.30. The highest BCUT2D eigenvalue weighted by Crippen LogP contribution is 2.20. The lowest BCUT2D eigenvalue weighted by atomic mass is 10.0. The number of carbonyl (C=O) groups is 1. The number of halogens is 2. The number of carbonyl (C=O) groups excluding carboxylic acids is 1. The van der Waals surface area contributed by atoms with Crippen LogP contribution in [0.15, 0.2) is 42.5 Å². The Kier molecular flexibility index (Phi) is 4.29. The lowest BCUT2D eigenvalue weighted by Gasteiger charge is -2.06. The van der Waals surface area contributed by atoms with Crippen LogP contribution in [0.4, 0.5) is 10.1 Å². The van der Waals surface area contributed by atoms with E-state index in [0.29, 0.717) is 5.69 Å². The van der Waals surface area contributed by atoms with Gasteiger partial charge in [-0.3, -0.25) is 9.52 Å². The van der Waals surface area contributed by atoms with E-state index in [1.807, 2.05) is 0 Å². The zero-order chi connectivity index (χ0) is 15.6. The molecule has 0 heterocycles. The predicted molar refractivity (Wildman–Crippen MR) is 79.8 cm³/mol. The molecule has 7 heteroatoms. The summed E-state index contributed by atoms with van der Waals surface area (Å²) in [5.74, 6) is -1.19. The summed E-state index contributed by atoms with van der Waals surface area (Å²) in [6.45, 7) is 0. The van der Waals surface area contributed by atoms with Crippen LogP contribution in [-0.4, -0.2) is 20.5 Å². The first kappa shape index (κ1) is 15.5. The molecule has 0 radical (unpaired) electrons. The van der Waals surface area contributed by atoms with Crippen molar-refractivity contribution in [3.05, 3.63) is 64.4 Å². The van der Waals surface area contributed by atoms with E-state index in [1.54, 1.807) is 0 Å². The molecule has 0 unspecified atom stereocenters. The summed E-state index contributed by atoms with van der Waals surface area (Å²) in [4.78, 5) is 12.2. The standard InChI is InChI=1S/C14H11ClFNO3S/c1-21(19,20)17-11-5-2-9(3-6-11)14(18)12-8-10(15)4-7-13(12)16/h2-8,17H,1H3. The van der Waals surface area contributed by atoms with Crippen molar-refractivity contribution in [1.82, 2.24) is 0 Å². The van der Waals surface area contributed by atoms with Gasteiger partial charge in [0.2, 0.25) is 10.0 Å². The Bertz CT molecular complexity index is 788. The average molecular weight is 328 g/mol. The number of hydrogen-bond acceptors (Lipinski definition) is 3. The van der Waals surface area contributed by atoms with Crippen LogP contribution in [0.3, 0.4) is 0 Å². The summed E-state index contributed by atoms with van der Waals surface area (Å²) in [7, 11) is -3.39. The van der Waals surface area contributed by atoms with Crippen molar-refractivity contribution in [2.45, 2.75) is 0 Å². The van der Waals surface area contributed by atoms with Gasteiger partial charge in [0.05, 0.1) is 11.8 Å². The molecular weight excluding hydrogens is 317 g/mol. The molecule has 0 amide bonds. The number of nitrogens with one attached hydrogen (secondary N) is 1. The number of sulfonamides is 1. The summed E-state index contributed by atoms with van der Waals surface area (Å²) in [5, 5.41) is 0.259. The van der Waals surface area contributed by atoms with Gasteiger partial charge in [0.1, 0.15) is 5.82 Å². The van der Waals surface area contributed by atoms with Crippen LogP contribution in [0.5, 0.6) is 0 Å². The SMILES string of the molecule is CS(=O)(=O)Nc1ccc(C(=O)c2cc(Cl)ccc2F)cc1. The zero-order valence-corrected chi connectivity index (χ0v) is 12.5. The molecule has 0 aliphatic rings. The fraction of sp³-hybridized carbons (Fsp3) is 0.0714. The minimum absolute atomic E-state index is 0.133. The van der Waals surface area contributed by atoms with E-state index in [9.17, 15) is 17.6 Å². The van der Waals surface area contributed by atoms with Crippen molar-refractivity contribution in [2.75, 3.05) is 11.0 Å². The monoisotopic (exact) mass is 327 g/mol. The zero-order valence-electron chi connectivity index (χ0n) is 10.9. The van der Waals surface area contributed by atoms with Gasteiger partial charge in [-0.15, -0.1) is 0 Å². The van der Waals surface area contributed by atoms with Crippen molar-refractivity contribution in [3.8, 4) is 0 Å². The smallest absolute Gasteiger partial charge is 0.229 e. The molecule has 0 aliphatic heterocycles. The van der Waals surface area contributed by atoms with Gasteiger partial charge < -0.3 is 0 Å². The summed E-state index contributed by atoms with van der Waals surface area (Å²) in [6, 6.07) is 9.41. The molecule has 0 spiro atoms. The summed E-state index contributed by atoms with van der Waals surface area (Å²) >= 11 is 5.75. The van der Waals surface area contributed by atoms with E-state index in [4.69, 9.17) is 11.6 Å². The highest BCUT2D eigenvalue weighted by Gasteiger charge is 2.14. The van der Waals surface area contributed by atoms with Gasteiger partial charge in [-0.1, -0.05) is 11.6 Å². The molecule has 0 aromatic heterocycles. The number of anilines is 1. The molecule has 0 bridgehead atoms. The molecule has 21 heavy (non-hydrogen) atoms. The van der Waals surface area contributed by atoms with Crippen LogP contribution in [0, 0.1) is 5.82 Å². The maximum absolute atomic E-state index is 13.6. The van der Waals surface area contributed by atoms with Gasteiger partial charge in [0.15, 0.2) is 5.78 Å². The maximum atomic E-state index is 13.6. The van der Waals surface area contributed by atoms with Crippen molar-refractivity contribution in [2.24, 2.45) is 0 Å². The minimum atomic E-state index is -3.39. The van der Waals surface area contributed by atoms with Gasteiger partial charge in [0.25, 0.3) is 0 Å². The second kappa shape index (κ2) is 5.83. The van der Waals surface area contributed by atoms with Crippen LogP contribution < -0.4 is 4.72 Å². The Labute approximate surface area is 126 Å². The normalized spacial score (nSPS) is 11.2. The van der Waals surface area contributed by atoms with Crippen molar-refractivity contribution in [3.63, 3.8) is 0 Å². The van der Waals surface area contributed by atoms with Gasteiger partial charge in [-0.2, -0.15) is 0 Å². The first-order valence-electron chi connectivity index (χ1n) is 5.84. The molecule has 0 saturated carbocycles. The topological polar surface area (TPSA) is 63.2 Å². The Morgan fingerprint density at radius 2 is 1.76 bits per heavy atom. The molecule has 0 aliphatic carbocycles. The van der Waals surface area contributed by atoms with E-state index >= 15 is 0 Å². The first-order valence-corrected chi connectivity index (χ1v) is 8.11. The molecule has 2 rings (SSSR count). The van der Waals surface area contributed by atoms with Crippen molar-refractivity contribution < 1.29 is 17.6 Å².